The highest BCUT2D eigenvalue weighted by atomic mass is 15.1. The van der Waals surface area contributed by atoms with Crippen molar-refractivity contribution in [3.8, 4) is 0 Å². The van der Waals surface area contributed by atoms with Crippen molar-refractivity contribution >= 4 is 11.2 Å². The Hall–Kier alpha value is -1.42. The van der Waals surface area contributed by atoms with Gasteiger partial charge in [-0.15, -0.1) is 0 Å². The third-order valence-electron chi connectivity index (χ3n) is 4.09. The molecule has 0 spiro atoms. The number of fused-ring (bicyclic) bond motifs is 1. The second-order valence-electron chi connectivity index (χ2n) is 7.37. The lowest BCUT2D eigenvalue weighted by Crippen LogP contribution is -2.37. The number of hydrogen-bond donors (Lipinski definition) is 1. The van der Waals surface area contributed by atoms with Crippen LogP contribution >= 0.6 is 0 Å². The monoisotopic (exact) mass is 286 g/mol. The molecule has 1 saturated heterocycles. The third-order valence-corrected chi connectivity index (χ3v) is 4.09. The van der Waals surface area contributed by atoms with E-state index in [-0.39, 0.29) is 5.41 Å². The summed E-state index contributed by atoms with van der Waals surface area (Å²) in [6, 6.07) is 4.59. The highest BCUT2D eigenvalue weighted by Gasteiger charge is 2.21. The summed E-state index contributed by atoms with van der Waals surface area (Å²) in [4.78, 5) is 9.41. The molecule has 0 radical (unpaired) electrons. The standard InChI is InChI=1S/C17H26N4/c1-17(2,3)11-15-20-14-8-6-10-19-16(14)21(15)12-13-7-4-5-9-18-13/h6,8,10,13,18H,4-5,7,9,11-12H2,1-3H3. The molecule has 2 aromatic heterocycles. The summed E-state index contributed by atoms with van der Waals surface area (Å²) >= 11 is 0. The van der Waals surface area contributed by atoms with Gasteiger partial charge in [-0.3, -0.25) is 0 Å². The maximum atomic E-state index is 4.84. The fourth-order valence-corrected chi connectivity index (χ4v) is 3.11. The Kier molecular flexibility index (Phi) is 3.98. The zero-order valence-corrected chi connectivity index (χ0v) is 13.4. The average Bonchev–Trinajstić information content (AvgIpc) is 2.76. The van der Waals surface area contributed by atoms with Crippen LogP contribution in [0.15, 0.2) is 18.3 Å². The molecule has 2 aromatic rings. The molecule has 3 heterocycles. The zero-order valence-electron chi connectivity index (χ0n) is 13.4. The number of nitrogens with one attached hydrogen (secondary N) is 1. The molecule has 3 rings (SSSR count). The van der Waals surface area contributed by atoms with Gasteiger partial charge in [0.05, 0.1) is 0 Å². The SMILES string of the molecule is CC(C)(C)Cc1nc2cccnc2n1CC1CCCCN1. The van der Waals surface area contributed by atoms with Crippen LogP contribution < -0.4 is 5.32 Å². The minimum absolute atomic E-state index is 0.235. The van der Waals surface area contributed by atoms with E-state index in [1.807, 2.05) is 12.3 Å². The highest BCUT2D eigenvalue weighted by molar-refractivity contribution is 5.71. The number of piperidine rings is 1. The fraction of sp³-hybridized carbons (Fsp3) is 0.647. The van der Waals surface area contributed by atoms with E-state index in [1.165, 1.54) is 25.1 Å². The number of aromatic nitrogens is 3. The van der Waals surface area contributed by atoms with Gasteiger partial charge in [-0.1, -0.05) is 27.2 Å². The van der Waals surface area contributed by atoms with Crippen molar-refractivity contribution in [3.05, 3.63) is 24.2 Å². The van der Waals surface area contributed by atoms with Crippen molar-refractivity contribution in [3.63, 3.8) is 0 Å². The largest absolute Gasteiger partial charge is 0.312 e. The average molecular weight is 286 g/mol. The molecular weight excluding hydrogens is 260 g/mol. The van der Waals surface area contributed by atoms with E-state index in [4.69, 9.17) is 4.98 Å². The van der Waals surface area contributed by atoms with Crippen LogP contribution in [0, 0.1) is 5.41 Å². The molecule has 1 N–H and O–H groups in total. The Balaban J connectivity index is 1.94. The molecule has 1 atom stereocenters. The molecule has 114 valence electrons. The van der Waals surface area contributed by atoms with Gasteiger partial charge in [0.15, 0.2) is 5.65 Å². The van der Waals surface area contributed by atoms with Gasteiger partial charge in [-0.05, 0) is 36.9 Å². The topological polar surface area (TPSA) is 42.7 Å². The summed E-state index contributed by atoms with van der Waals surface area (Å²) in [5, 5.41) is 3.64. The molecular formula is C17H26N4. The Bertz CT molecular complexity index is 603. The molecule has 0 aliphatic carbocycles. The lowest BCUT2D eigenvalue weighted by molar-refractivity contribution is 0.348. The normalized spacial score (nSPS) is 20.0. The summed E-state index contributed by atoms with van der Waals surface area (Å²) in [6.07, 6.45) is 6.73. The van der Waals surface area contributed by atoms with Crippen molar-refractivity contribution in [1.82, 2.24) is 19.9 Å². The van der Waals surface area contributed by atoms with Crippen LogP contribution in [0.4, 0.5) is 0 Å². The Morgan fingerprint density at radius 1 is 1.33 bits per heavy atom. The maximum Gasteiger partial charge on any atom is 0.160 e. The Morgan fingerprint density at radius 3 is 2.90 bits per heavy atom. The van der Waals surface area contributed by atoms with Crippen molar-refractivity contribution in [2.45, 2.75) is 59.0 Å². The predicted molar refractivity (Wildman–Crippen MR) is 86.3 cm³/mol. The van der Waals surface area contributed by atoms with Crippen molar-refractivity contribution in [2.24, 2.45) is 5.41 Å². The van der Waals surface area contributed by atoms with Crippen LogP contribution in [0.3, 0.4) is 0 Å². The molecule has 1 fully saturated rings. The summed E-state index contributed by atoms with van der Waals surface area (Å²) in [7, 11) is 0. The van der Waals surface area contributed by atoms with Crippen LogP contribution in [0.5, 0.6) is 0 Å². The smallest absolute Gasteiger partial charge is 0.160 e. The molecule has 1 aliphatic rings. The maximum absolute atomic E-state index is 4.84. The van der Waals surface area contributed by atoms with E-state index in [0.29, 0.717) is 6.04 Å². The molecule has 4 heteroatoms. The summed E-state index contributed by atoms with van der Waals surface area (Å²) in [5.41, 5.74) is 2.29. The van der Waals surface area contributed by atoms with E-state index < -0.39 is 0 Å². The first kappa shape index (κ1) is 14.5. The van der Waals surface area contributed by atoms with E-state index >= 15 is 0 Å². The second-order valence-corrected chi connectivity index (χ2v) is 7.37. The van der Waals surface area contributed by atoms with Crippen LogP contribution in [0.25, 0.3) is 11.2 Å². The number of nitrogens with zero attached hydrogens (tertiary/aromatic N) is 3. The van der Waals surface area contributed by atoms with Gasteiger partial charge in [0.1, 0.15) is 11.3 Å². The van der Waals surface area contributed by atoms with Gasteiger partial charge in [0, 0.05) is 25.2 Å². The lowest BCUT2D eigenvalue weighted by atomic mass is 9.92. The van der Waals surface area contributed by atoms with Crippen molar-refractivity contribution in [1.29, 1.82) is 0 Å². The lowest BCUT2D eigenvalue weighted by Gasteiger charge is -2.25. The van der Waals surface area contributed by atoms with E-state index in [0.717, 1.165) is 30.7 Å². The van der Waals surface area contributed by atoms with Gasteiger partial charge in [0.2, 0.25) is 0 Å². The quantitative estimate of drug-likeness (QED) is 0.942. The van der Waals surface area contributed by atoms with Gasteiger partial charge in [-0.2, -0.15) is 0 Å². The molecule has 1 unspecified atom stereocenters. The molecule has 1 aliphatic heterocycles. The Labute approximate surface area is 127 Å². The molecule has 0 bridgehead atoms. The first-order valence-corrected chi connectivity index (χ1v) is 8.06. The molecule has 21 heavy (non-hydrogen) atoms. The minimum Gasteiger partial charge on any atom is -0.312 e. The van der Waals surface area contributed by atoms with Crippen molar-refractivity contribution in [2.75, 3.05) is 6.54 Å². The van der Waals surface area contributed by atoms with Crippen LogP contribution in [0.1, 0.15) is 45.9 Å². The minimum atomic E-state index is 0.235. The van der Waals surface area contributed by atoms with Crippen LogP contribution in [0.2, 0.25) is 0 Å². The molecule has 0 aromatic carbocycles. The first-order valence-electron chi connectivity index (χ1n) is 8.06. The van der Waals surface area contributed by atoms with Gasteiger partial charge >= 0.3 is 0 Å². The number of pyridine rings is 1. The molecule has 0 saturated carbocycles. The highest BCUT2D eigenvalue weighted by Crippen LogP contribution is 2.24. The van der Waals surface area contributed by atoms with Crippen molar-refractivity contribution < 1.29 is 0 Å². The van der Waals surface area contributed by atoms with E-state index in [1.54, 1.807) is 0 Å². The van der Waals surface area contributed by atoms with Gasteiger partial charge in [-0.25, -0.2) is 9.97 Å². The summed E-state index contributed by atoms with van der Waals surface area (Å²) < 4.78 is 2.34. The number of imidazole rings is 1. The van der Waals surface area contributed by atoms with E-state index in [2.05, 4.69) is 41.7 Å². The number of rotatable bonds is 3. The van der Waals surface area contributed by atoms with Crippen LogP contribution in [-0.4, -0.2) is 27.1 Å². The first-order chi connectivity index (χ1) is 10.0. The predicted octanol–water partition coefficient (Wildman–Crippen LogP) is 3.16. The zero-order chi connectivity index (χ0) is 14.9. The van der Waals surface area contributed by atoms with Gasteiger partial charge in [0.25, 0.3) is 0 Å². The van der Waals surface area contributed by atoms with Gasteiger partial charge < -0.3 is 9.88 Å². The van der Waals surface area contributed by atoms with Crippen LogP contribution in [-0.2, 0) is 13.0 Å². The molecule has 0 amide bonds. The van der Waals surface area contributed by atoms with E-state index in [9.17, 15) is 0 Å². The second kappa shape index (κ2) is 5.76. The fourth-order valence-electron chi connectivity index (χ4n) is 3.11. The number of hydrogen-bond acceptors (Lipinski definition) is 3. The summed E-state index contributed by atoms with van der Waals surface area (Å²) in [6.45, 7) is 8.92. The third kappa shape index (κ3) is 3.43. The summed E-state index contributed by atoms with van der Waals surface area (Å²) in [5.74, 6) is 1.17. The molecule has 4 nitrogen and oxygen atoms in total. The Morgan fingerprint density at radius 2 is 2.19 bits per heavy atom.